The van der Waals surface area contributed by atoms with Crippen molar-refractivity contribution in [3.63, 3.8) is 0 Å². The Morgan fingerprint density at radius 1 is 1.33 bits per heavy atom. The molecular formula is C18H20N2O3S. The zero-order chi connectivity index (χ0) is 17.1. The fraction of sp³-hybridized carbons (Fsp3) is 0.389. The molecule has 0 saturated carbocycles. The van der Waals surface area contributed by atoms with Crippen molar-refractivity contribution in [3.05, 3.63) is 41.4 Å². The van der Waals surface area contributed by atoms with Gasteiger partial charge in [-0.15, -0.1) is 11.3 Å². The molecule has 1 aromatic carbocycles. The van der Waals surface area contributed by atoms with E-state index in [0.29, 0.717) is 24.6 Å². The molecule has 24 heavy (non-hydrogen) atoms. The van der Waals surface area contributed by atoms with Gasteiger partial charge < -0.3 is 10.0 Å². The number of carbonyl (C=O) groups is 2. The highest BCUT2D eigenvalue weighted by molar-refractivity contribution is 7.13. The van der Waals surface area contributed by atoms with Crippen molar-refractivity contribution in [2.75, 3.05) is 6.54 Å². The van der Waals surface area contributed by atoms with Gasteiger partial charge in [-0.3, -0.25) is 4.79 Å². The van der Waals surface area contributed by atoms with E-state index in [1.165, 1.54) is 16.2 Å². The second-order valence-corrected chi connectivity index (χ2v) is 7.12. The number of piperidine rings is 1. The standard InChI is InChI=1S/C18H20N2O3S/c1-12-7-8-20(15(9-12)18(22)23)16(21)10-14-11-24-17(19-14)13-5-3-2-4-6-13/h2-6,11-12,15H,7-10H2,1H3,(H,22,23). The van der Waals surface area contributed by atoms with E-state index >= 15 is 0 Å². The topological polar surface area (TPSA) is 70.5 Å². The highest BCUT2D eigenvalue weighted by Crippen LogP contribution is 2.26. The Bertz CT molecular complexity index is 729. The van der Waals surface area contributed by atoms with Gasteiger partial charge in [0.25, 0.3) is 0 Å². The normalized spacial score (nSPS) is 20.8. The fourth-order valence-electron chi connectivity index (χ4n) is 3.03. The van der Waals surface area contributed by atoms with Crippen molar-refractivity contribution in [3.8, 4) is 10.6 Å². The minimum Gasteiger partial charge on any atom is -0.480 e. The van der Waals surface area contributed by atoms with Crippen molar-refractivity contribution in [2.45, 2.75) is 32.2 Å². The maximum absolute atomic E-state index is 12.6. The number of amides is 1. The van der Waals surface area contributed by atoms with Crippen LogP contribution in [-0.2, 0) is 16.0 Å². The number of benzene rings is 1. The average Bonchev–Trinajstić information content (AvgIpc) is 3.04. The minimum absolute atomic E-state index is 0.154. The van der Waals surface area contributed by atoms with Crippen LogP contribution in [0.5, 0.6) is 0 Å². The fourth-order valence-corrected chi connectivity index (χ4v) is 3.86. The van der Waals surface area contributed by atoms with E-state index in [9.17, 15) is 14.7 Å². The van der Waals surface area contributed by atoms with Crippen LogP contribution in [0.3, 0.4) is 0 Å². The third-order valence-corrected chi connectivity index (χ3v) is 5.32. The molecule has 1 aromatic heterocycles. The number of thiazole rings is 1. The number of carboxylic acids is 1. The van der Waals surface area contributed by atoms with Crippen molar-refractivity contribution in [1.82, 2.24) is 9.88 Å². The van der Waals surface area contributed by atoms with Crippen LogP contribution in [0.1, 0.15) is 25.5 Å². The van der Waals surface area contributed by atoms with Crippen LogP contribution in [-0.4, -0.2) is 39.5 Å². The SMILES string of the molecule is CC1CCN(C(=O)Cc2csc(-c3ccccc3)n2)C(C(=O)O)C1. The van der Waals surface area contributed by atoms with Crippen molar-refractivity contribution in [2.24, 2.45) is 5.92 Å². The van der Waals surface area contributed by atoms with Crippen molar-refractivity contribution in [1.29, 1.82) is 0 Å². The highest BCUT2D eigenvalue weighted by atomic mass is 32.1. The largest absolute Gasteiger partial charge is 0.480 e. The number of rotatable bonds is 4. The van der Waals surface area contributed by atoms with Crippen LogP contribution in [0.15, 0.2) is 35.7 Å². The van der Waals surface area contributed by atoms with Gasteiger partial charge in [0.1, 0.15) is 11.0 Å². The van der Waals surface area contributed by atoms with Crippen LogP contribution >= 0.6 is 11.3 Å². The molecule has 0 spiro atoms. The Hall–Kier alpha value is -2.21. The van der Waals surface area contributed by atoms with E-state index in [0.717, 1.165) is 17.0 Å². The molecule has 2 atom stereocenters. The van der Waals surface area contributed by atoms with Gasteiger partial charge in [-0.1, -0.05) is 37.3 Å². The molecule has 1 amide bonds. The summed E-state index contributed by atoms with van der Waals surface area (Å²) >= 11 is 1.50. The predicted molar refractivity (Wildman–Crippen MR) is 92.8 cm³/mol. The summed E-state index contributed by atoms with van der Waals surface area (Å²) in [5.41, 5.74) is 1.73. The summed E-state index contributed by atoms with van der Waals surface area (Å²) in [5, 5.41) is 12.1. The molecule has 2 aromatic rings. The molecule has 1 aliphatic heterocycles. The number of hydrogen-bond donors (Lipinski definition) is 1. The first-order valence-electron chi connectivity index (χ1n) is 8.06. The molecule has 0 aliphatic carbocycles. The summed E-state index contributed by atoms with van der Waals surface area (Å²) in [6.07, 6.45) is 1.52. The minimum atomic E-state index is -0.918. The van der Waals surface area contributed by atoms with E-state index < -0.39 is 12.0 Å². The number of aromatic nitrogens is 1. The van der Waals surface area contributed by atoms with Crippen molar-refractivity contribution >= 4 is 23.2 Å². The molecule has 5 nitrogen and oxygen atoms in total. The Kier molecular flexibility index (Phi) is 4.94. The molecule has 3 rings (SSSR count). The second kappa shape index (κ2) is 7.13. The Balaban J connectivity index is 1.70. The monoisotopic (exact) mass is 344 g/mol. The number of carbonyl (C=O) groups excluding carboxylic acids is 1. The Morgan fingerprint density at radius 3 is 2.79 bits per heavy atom. The van der Waals surface area contributed by atoms with Gasteiger partial charge in [-0.05, 0) is 18.8 Å². The average molecular weight is 344 g/mol. The molecule has 1 aliphatic rings. The van der Waals surface area contributed by atoms with Gasteiger partial charge in [-0.25, -0.2) is 9.78 Å². The van der Waals surface area contributed by atoms with E-state index in [1.54, 1.807) is 0 Å². The van der Waals surface area contributed by atoms with Crippen LogP contribution in [0.25, 0.3) is 10.6 Å². The molecule has 1 fully saturated rings. The van der Waals surface area contributed by atoms with E-state index in [4.69, 9.17) is 0 Å². The summed E-state index contributed by atoms with van der Waals surface area (Å²) < 4.78 is 0. The van der Waals surface area contributed by atoms with Gasteiger partial charge in [0.2, 0.25) is 5.91 Å². The van der Waals surface area contributed by atoms with Gasteiger partial charge in [-0.2, -0.15) is 0 Å². The smallest absolute Gasteiger partial charge is 0.326 e. The van der Waals surface area contributed by atoms with Crippen LogP contribution in [0.4, 0.5) is 0 Å². The molecular weight excluding hydrogens is 324 g/mol. The molecule has 1 saturated heterocycles. The molecule has 0 radical (unpaired) electrons. The maximum Gasteiger partial charge on any atom is 0.326 e. The predicted octanol–water partition coefficient (Wildman–Crippen LogP) is 3.06. The Morgan fingerprint density at radius 2 is 2.08 bits per heavy atom. The van der Waals surface area contributed by atoms with Crippen LogP contribution in [0, 0.1) is 5.92 Å². The van der Waals surface area contributed by atoms with Crippen LogP contribution in [0.2, 0.25) is 0 Å². The first-order valence-corrected chi connectivity index (χ1v) is 8.94. The van der Waals surface area contributed by atoms with Gasteiger partial charge >= 0.3 is 5.97 Å². The molecule has 6 heteroatoms. The first-order chi connectivity index (χ1) is 11.5. The molecule has 2 unspecified atom stereocenters. The summed E-state index contributed by atoms with van der Waals surface area (Å²) in [6.45, 7) is 2.54. The first kappa shape index (κ1) is 16.6. The molecule has 0 bridgehead atoms. The van der Waals surface area contributed by atoms with E-state index in [2.05, 4.69) is 4.98 Å². The highest BCUT2D eigenvalue weighted by Gasteiger charge is 2.34. The van der Waals surface area contributed by atoms with E-state index in [1.807, 2.05) is 42.6 Å². The van der Waals surface area contributed by atoms with Crippen LogP contribution < -0.4 is 0 Å². The summed E-state index contributed by atoms with van der Waals surface area (Å²) in [7, 11) is 0. The zero-order valence-electron chi connectivity index (χ0n) is 13.5. The second-order valence-electron chi connectivity index (χ2n) is 6.26. The molecule has 2 heterocycles. The van der Waals surface area contributed by atoms with Crippen molar-refractivity contribution < 1.29 is 14.7 Å². The summed E-state index contributed by atoms with van der Waals surface area (Å²) in [5.74, 6) is -0.739. The zero-order valence-corrected chi connectivity index (χ0v) is 14.3. The Labute approximate surface area is 145 Å². The lowest BCUT2D eigenvalue weighted by Gasteiger charge is -2.35. The lowest BCUT2D eigenvalue weighted by atomic mass is 9.92. The molecule has 1 N–H and O–H groups in total. The quantitative estimate of drug-likeness (QED) is 0.925. The lowest BCUT2D eigenvalue weighted by molar-refractivity contribution is -0.152. The molecule has 126 valence electrons. The third kappa shape index (κ3) is 3.64. The van der Waals surface area contributed by atoms with Gasteiger partial charge in [0, 0.05) is 17.5 Å². The number of likely N-dealkylation sites (tertiary alicyclic amines) is 1. The van der Waals surface area contributed by atoms with Gasteiger partial charge in [0.05, 0.1) is 12.1 Å². The number of hydrogen-bond acceptors (Lipinski definition) is 4. The summed E-state index contributed by atoms with van der Waals surface area (Å²) in [6, 6.07) is 9.11. The van der Waals surface area contributed by atoms with E-state index in [-0.39, 0.29) is 12.3 Å². The van der Waals surface area contributed by atoms with Gasteiger partial charge in [0.15, 0.2) is 0 Å². The third-order valence-electron chi connectivity index (χ3n) is 4.37. The number of aliphatic carboxylic acids is 1. The summed E-state index contributed by atoms with van der Waals surface area (Å²) in [4.78, 5) is 30.0. The number of carboxylic acid groups (broad SMARTS) is 1. The maximum atomic E-state index is 12.6. The number of nitrogens with zero attached hydrogens (tertiary/aromatic N) is 2. The lowest BCUT2D eigenvalue weighted by Crippen LogP contribution is -2.50.